The molecule has 2 aliphatic rings. The lowest BCUT2D eigenvalue weighted by atomic mass is 9.54. The highest BCUT2D eigenvalue weighted by Crippen LogP contribution is 2.48. The van der Waals surface area contributed by atoms with Gasteiger partial charge in [-0.15, -0.1) is 0 Å². The van der Waals surface area contributed by atoms with Gasteiger partial charge in [-0.1, -0.05) is 20.7 Å². The molecule has 4 heterocycles. The summed E-state index contributed by atoms with van der Waals surface area (Å²) in [6.45, 7) is 16.6. The van der Waals surface area contributed by atoms with Gasteiger partial charge in [0.1, 0.15) is 5.76 Å². The molecule has 0 spiro atoms. The summed E-state index contributed by atoms with van der Waals surface area (Å²) in [5, 5.41) is 3.73. The Morgan fingerprint density at radius 1 is 1.28 bits per heavy atom. The molecule has 0 N–H and O–H groups in total. The highest BCUT2D eigenvalue weighted by Gasteiger charge is 2.53. The van der Waals surface area contributed by atoms with Crippen LogP contribution in [-0.2, 0) is 0 Å². The van der Waals surface area contributed by atoms with Gasteiger partial charge in [0.2, 0.25) is 5.71 Å². The normalized spacial score (nSPS) is 25.4. The number of nitrogens with zero attached hydrogens (tertiary/aromatic N) is 3. The maximum absolute atomic E-state index is 6.03. The van der Waals surface area contributed by atoms with Crippen molar-refractivity contribution in [2.75, 3.05) is 0 Å². The Bertz CT molecular complexity index is 867. The molecule has 1 saturated heterocycles. The van der Waals surface area contributed by atoms with Crippen LogP contribution in [0.15, 0.2) is 28.4 Å². The van der Waals surface area contributed by atoms with Crippen molar-refractivity contribution in [3.05, 3.63) is 29.8 Å². The summed E-state index contributed by atoms with van der Waals surface area (Å²) in [4.78, 5) is 6.90. The van der Waals surface area contributed by atoms with E-state index in [1.54, 1.807) is 6.20 Å². The minimum atomic E-state index is 0.113. The van der Waals surface area contributed by atoms with Gasteiger partial charge in [0, 0.05) is 34.3 Å². The van der Waals surface area contributed by atoms with Crippen molar-refractivity contribution in [2.24, 2.45) is 5.41 Å². The topological polar surface area (TPSA) is 32.5 Å². The molecule has 0 radical (unpaired) electrons. The third kappa shape index (κ3) is 2.28. The van der Waals surface area contributed by atoms with E-state index >= 15 is 0 Å². The molecule has 132 valence electrons. The maximum atomic E-state index is 6.03. The third-order valence-corrected chi connectivity index (χ3v) is 6.26. The molecule has 0 saturated carbocycles. The van der Waals surface area contributed by atoms with Gasteiger partial charge in [0.25, 0.3) is 0 Å². The Hall–Kier alpha value is -1.75. The van der Waals surface area contributed by atoms with Crippen LogP contribution in [0, 0.1) is 5.41 Å². The second-order valence-corrected chi connectivity index (χ2v) is 9.04. The highest BCUT2D eigenvalue weighted by molar-refractivity contribution is 6.73. The average molecular weight is 337 g/mol. The fraction of sp³-hybridized carbons (Fsp3) is 0.550. The molecular weight excluding hydrogens is 309 g/mol. The molecule has 2 aromatic heterocycles. The number of hydrazine groups is 1. The van der Waals surface area contributed by atoms with Crippen molar-refractivity contribution in [1.82, 2.24) is 14.9 Å². The molecule has 1 fully saturated rings. The predicted octanol–water partition coefficient (Wildman–Crippen LogP) is 4.15. The van der Waals surface area contributed by atoms with Crippen LogP contribution in [0.2, 0.25) is 6.82 Å². The van der Waals surface area contributed by atoms with E-state index in [0.29, 0.717) is 6.04 Å². The van der Waals surface area contributed by atoms with E-state index in [2.05, 4.69) is 75.4 Å². The van der Waals surface area contributed by atoms with Crippen LogP contribution in [0.1, 0.15) is 53.7 Å². The number of hydrogen-bond donors (Lipinski definition) is 0. The number of rotatable bonds is 1. The summed E-state index contributed by atoms with van der Waals surface area (Å²) in [6, 6.07) is 4.58. The first-order chi connectivity index (χ1) is 11.6. The quantitative estimate of drug-likeness (QED) is 0.732. The van der Waals surface area contributed by atoms with E-state index in [4.69, 9.17) is 4.42 Å². The van der Waals surface area contributed by atoms with Gasteiger partial charge in [-0.2, -0.15) is 0 Å². The molecule has 1 atom stereocenters. The SMILES string of the molecule is CB1c2c(oc3ncccc23)C=C(C)N1N1[C@@H](C)C(C)(C)CC1(C)C. The van der Waals surface area contributed by atoms with Crippen molar-refractivity contribution >= 4 is 29.5 Å². The molecule has 4 rings (SSSR count). The first kappa shape index (κ1) is 16.7. The monoisotopic (exact) mass is 337 g/mol. The molecule has 0 bridgehead atoms. The summed E-state index contributed by atoms with van der Waals surface area (Å²) in [6.07, 6.45) is 5.15. The maximum Gasteiger partial charge on any atom is 0.308 e. The Balaban J connectivity index is 1.85. The summed E-state index contributed by atoms with van der Waals surface area (Å²) in [5.41, 5.74) is 3.61. The zero-order valence-corrected chi connectivity index (χ0v) is 16.4. The molecule has 2 aliphatic heterocycles. The highest BCUT2D eigenvalue weighted by atomic mass is 16.3. The summed E-state index contributed by atoms with van der Waals surface area (Å²) in [5.74, 6) is 0.957. The van der Waals surface area contributed by atoms with Crippen molar-refractivity contribution in [3.8, 4) is 0 Å². The number of pyridine rings is 1. The van der Waals surface area contributed by atoms with E-state index in [9.17, 15) is 0 Å². The van der Waals surface area contributed by atoms with E-state index < -0.39 is 0 Å². The van der Waals surface area contributed by atoms with E-state index in [1.807, 2.05) is 6.07 Å². The molecule has 2 aromatic rings. The van der Waals surface area contributed by atoms with Crippen LogP contribution < -0.4 is 5.46 Å². The van der Waals surface area contributed by atoms with Crippen LogP contribution in [0.5, 0.6) is 0 Å². The lowest BCUT2D eigenvalue weighted by Gasteiger charge is -2.49. The first-order valence-corrected chi connectivity index (χ1v) is 9.28. The van der Waals surface area contributed by atoms with Crippen molar-refractivity contribution in [1.29, 1.82) is 0 Å². The molecule has 0 amide bonds. The first-order valence-electron chi connectivity index (χ1n) is 9.28. The molecule has 25 heavy (non-hydrogen) atoms. The molecular formula is C20H28BN3O. The number of fused-ring (bicyclic) bond motifs is 3. The van der Waals surface area contributed by atoms with E-state index in [-0.39, 0.29) is 17.8 Å². The Morgan fingerprint density at radius 2 is 2.00 bits per heavy atom. The van der Waals surface area contributed by atoms with Gasteiger partial charge >= 0.3 is 6.85 Å². The van der Waals surface area contributed by atoms with Gasteiger partial charge in [-0.3, -0.25) is 0 Å². The van der Waals surface area contributed by atoms with Crippen LogP contribution in [0.4, 0.5) is 0 Å². The number of furan rings is 1. The second kappa shape index (κ2) is 5.13. The second-order valence-electron chi connectivity index (χ2n) is 9.04. The zero-order chi connectivity index (χ0) is 18.1. The van der Waals surface area contributed by atoms with Gasteiger partial charge in [-0.25, -0.2) is 9.99 Å². The Labute approximate surface area is 151 Å². The summed E-state index contributed by atoms with van der Waals surface area (Å²) >= 11 is 0. The van der Waals surface area contributed by atoms with Crippen LogP contribution in [0.3, 0.4) is 0 Å². The largest absolute Gasteiger partial charge is 0.439 e. The molecule has 4 nitrogen and oxygen atoms in total. The molecule has 5 heteroatoms. The molecule has 0 unspecified atom stereocenters. The number of allylic oxidation sites excluding steroid dienone is 1. The van der Waals surface area contributed by atoms with Crippen molar-refractivity contribution in [2.45, 2.75) is 66.4 Å². The van der Waals surface area contributed by atoms with E-state index in [1.165, 1.54) is 17.6 Å². The zero-order valence-electron chi connectivity index (χ0n) is 16.4. The van der Waals surface area contributed by atoms with Gasteiger partial charge in [0.15, 0.2) is 0 Å². The Kier molecular flexibility index (Phi) is 3.43. The third-order valence-electron chi connectivity index (χ3n) is 6.26. The summed E-state index contributed by atoms with van der Waals surface area (Å²) < 4.78 is 6.03. The van der Waals surface area contributed by atoms with Crippen LogP contribution in [0.25, 0.3) is 17.2 Å². The standard InChI is InChI=1S/C20H28BN3O/c1-13-11-16-17(15-9-8-10-22-18(15)25-16)21(7)24(13)23-14(2)19(3,4)12-20(23,5)6/h8-11,14H,12H2,1-7H3/t14-/m0/s1. The molecule has 0 aromatic carbocycles. The fourth-order valence-electron chi connectivity index (χ4n) is 5.22. The van der Waals surface area contributed by atoms with Crippen LogP contribution in [-0.4, -0.2) is 33.3 Å². The average Bonchev–Trinajstić information content (AvgIpc) is 2.93. The lowest BCUT2D eigenvalue weighted by molar-refractivity contribution is -0.0177. The van der Waals surface area contributed by atoms with E-state index in [0.717, 1.165) is 16.9 Å². The fourth-order valence-corrected chi connectivity index (χ4v) is 5.22. The van der Waals surface area contributed by atoms with Gasteiger partial charge in [0.05, 0.1) is 0 Å². The van der Waals surface area contributed by atoms with Crippen molar-refractivity contribution < 1.29 is 4.42 Å². The summed E-state index contributed by atoms with van der Waals surface area (Å²) in [7, 11) is 0. The lowest BCUT2D eigenvalue weighted by Crippen LogP contribution is -2.62. The smallest absolute Gasteiger partial charge is 0.308 e. The molecule has 0 aliphatic carbocycles. The van der Waals surface area contributed by atoms with Gasteiger partial charge < -0.3 is 9.34 Å². The number of hydrogen-bond acceptors (Lipinski definition) is 4. The minimum absolute atomic E-state index is 0.113. The predicted molar refractivity (Wildman–Crippen MR) is 105 cm³/mol. The minimum Gasteiger partial charge on any atom is -0.439 e. The van der Waals surface area contributed by atoms with Crippen LogP contribution >= 0.6 is 0 Å². The number of aromatic nitrogens is 1. The Morgan fingerprint density at radius 3 is 2.64 bits per heavy atom. The van der Waals surface area contributed by atoms with Gasteiger partial charge in [-0.05, 0) is 57.7 Å². The van der Waals surface area contributed by atoms with Crippen molar-refractivity contribution in [3.63, 3.8) is 0 Å².